The first-order chi connectivity index (χ1) is 20.8. The van der Waals surface area contributed by atoms with Gasteiger partial charge in [0.1, 0.15) is 0 Å². The molecule has 3 heterocycles. The van der Waals surface area contributed by atoms with E-state index in [1.54, 1.807) is 53.6 Å². The lowest BCUT2D eigenvalue weighted by atomic mass is 10.1. The lowest BCUT2D eigenvalue weighted by molar-refractivity contribution is -0.138. The van der Waals surface area contributed by atoms with Crippen molar-refractivity contribution in [2.45, 2.75) is 25.9 Å². The number of methoxy groups -OCH3 is 1. The summed E-state index contributed by atoms with van der Waals surface area (Å²) in [5.41, 5.74) is 9.71. The van der Waals surface area contributed by atoms with Gasteiger partial charge in [-0.1, -0.05) is 0 Å². The van der Waals surface area contributed by atoms with Crippen LogP contribution in [0.15, 0.2) is 55.0 Å². The van der Waals surface area contributed by atoms with Crippen LogP contribution in [0, 0.1) is 12.7 Å². The number of ether oxygens (including phenoxy) is 2. The number of halogens is 1. The highest BCUT2D eigenvalue weighted by atomic mass is 19.1. The molecule has 0 bridgehead atoms. The van der Waals surface area contributed by atoms with Crippen molar-refractivity contribution in [2.24, 2.45) is 5.73 Å². The fraction of sp³-hybridized carbons (Fsp3) is 0.355. The van der Waals surface area contributed by atoms with E-state index in [1.165, 1.54) is 13.2 Å². The summed E-state index contributed by atoms with van der Waals surface area (Å²) >= 11 is 0. The van der Waals surface area contributed by atoms with Gasteiger partial charge in [0.15, 0.2) is 23.0 Å². The van der Waals surface area contributed by atoms with Crippen LogP contribution < -0.4 is 15.8 Å². The maximum Gasteiger partial charge on any atom is 0.253 e. The molecule has 1 fully saturated rings. The number of fused-ring (bicyclic) bond motifs is 1. The molecule has 11 nitrogen and oxygen atoms in total. The van der Waals surface area contributed by atoms with E-state index in [4.69, 9.17) is 15.2 Å². The van der Waals surface area contributed by atoms with Crippen molar-refractivity contribution in [3.8, 4) is 17.0 Å². The largest absolute Gasteiger partial charge is 0.494 e. The van der Waals surface area contributed by atoms with Crippen LogP contribution in [0.3, 0.4) is 0 Å². The van der Waals surface area contributed by atoms with E-state index in [9.17, 15) is 14.0 Å². The minimum absolute atomic E-state index is 0.0543. The molecule has 2 aromatic carbocycles. The Hall–Kier alpha value is -4.55. The topological polar surface area (TPSA) is 127 Å². The molecule has 43 heavy (non-hydrogen) atoms. The van der Waals surface area contributed by atoms with Crippen LogP contribution in [0.4, 0.5) is 15.9 Å². The van der Waals surface area contributed by atoms with Crippen molar-refractivity contribution >= 4 is 29.0 Å². The summed E-state index contributed by atoms with van der Waals surface area (Å²) in [7, 11) is 3.17. The minimum Gasteiger partial charge on any atom is -0.494 e. The Morgan fingerprint density at radius 1 is 1.23 bits per heavy atom. The molecule has 0 saturated carbocycles. The van der Waals surface area contributed by atoms with E-state index in [0.717, 1.165) is 11.3 Å². The van der Waals surface area contributed by atoms with Crippen LogP contribution in [-0.2, 0) is 9.53 Å². The van der Waals surface area contributed by atoms with Crippen LogP contribution in [-0.4, -0.2) is 89.0 Å². The first-order valence-corrected chi connectivity index (χ1v) is 14.2. The molecule has 1 unspecified atom stereocenters. The zero-order valence-corrected chi connectivity index (χ0v) is 24.5. The molecule has 0 spiro atoms. The second kappa shape index (κ2) is 13.2. The van der Waals surface area contributed by atoms with Crippen molar-refractivity contribution < 1.29 is 23.5 Å². The molecule has 4 aromatic rings. The van der Waals surface area contributed by atoms with Gasteiger partial charge in [-0.05, 0) is 55.3 Å². The molecule has 0 aliphatic carbocycles. The number of hydrogen-bond acceptors (Lipinski definition) is 8. The summed E-state index contributed by atoms with van der Waals surface area (Å²) in [6, 6.07) is 10.2. The molecular weight excluding hydrogens is 553 g/mol. The summed E-state index contributed by atoms with van der Waals surface area (Å²) in [6.45, 7) is 4.30. The van der Waals surface area contributed by atoms with E-state index in [0.29, 0.717) is 73.9 Å². The van der Waals surface area contributed by atoms with Gasteiger partial charge in [-0.15, -0.1) is 0 Å². The highest BCUT2D eigenvalue weighted by Crippen LogP contribution is 2.29. The number of rotatable bonds is 10. The first-order valence-electron chi connectivity index (χ1n) is 14.2. The number of carbonyl (C=O) groups excluding carboxylic acids is 2. The van der Waals surface area contributed by atoms with Crippen LogP contribution in [0.5, 0.6) is 5.75 Å². The third-order valence-electron chi connectivity index (χ3n) is 7.58. The average Bonchev–Trinajstić information content (AvgIpc) is 3.46. The lowest BCUT2D eigenvalue weighted by Crippen LogP contribution is -2.48. The molecule has 1 aliphatic rings. The second-order valence-corrected chi connectivity index (χ2v) is 10.5. The number of aryl methyl sites for hydroxylation is 1. The molecule has 1 aliphatic heterocycles. The highest BCUT2D eigenvalue weighted by Gasteiger charge is 2.23. The predicted molar refractivity (Wildman–Crippen MR) is 161 cm³/mol. The van der Waals surface area contributed by atoms with Gasteiger partial charge in [0, 0.05) is 68.9 Å². The third-order valence-corrected chi connectivity index (χ3v) is 7.58. The van der Waals surface area contributed by atoms with Gasteiger partial charge in [0.05, 0.1) is 31.7 Å². The maximum atomic E-state index is 14.3. The number of amides is 2. The van der Waals surface area contributed by atoms with Crippen molar-refractivity contribution in [1.82, 2.24) is 24.2 Å². The molecule has 0 radical (unpaired) electrons. The van der Waals surface area contributed by atoms with Crippen LogP contribution in [0.25, 0.3) is 16.9 Å². The number of nitrogens with one attached hydrogen (secondary N) is 1. The standard InChI is InChI=1S/C31H36FN7O4/c1-20-15-22(7-8-24(20)31(41)37(2)11-4-5-28(40)38-13-14-43-23(17-33)19-38)36-29-30-35-18-26(39(30)12-10-34-29)21-6-9-27(42-3)25(32)16-21/h6-10,12,15-16,18,23H,4-5,11,13-14,17,19,33H2,1-3H3,(H,34,36). The van der Waals surface area contributed by atoms with Gasteiger partial charge in [-0.2, -0.15) is 0 Å². The minimum atomic E-state index is -0.458. The third kappa shape index (κ3) is 6.60. The summed E-state index contributed by atoms with van der Waals surface area (Å²) in [4.78, 5) is 38.2. The zero-order chi connectivity index (χ0) is 30.5. The predicted octanol–water partition coefficient (Wildman–Crippen LogP) is 3.63. The van der Waals surface area contributed by atoms with E-state index in [1.807, 2.05) is 23.5 Å². The highest BCUT2D eigenvalue weighted by molar-refractivity contribution is 5.96. The van der Waals surface area contributed by atoms with E-state index < -0.39 is 5.82 Å². The summed E-state index contributed by atoms with van der Waals surface area (Å²) in [6.07, 6.45) is 5.87. The Bertz CT molecular complexity index is 1630. The summed E-state index contributed by atoms with van der Waals surface area (Å²) in [5, 5.41) is 3.29. The van der Waals surface area contributed by atoms with Gasteiger partial charge in [0.2, 0.25) is 5.91 Å². The van der Waals surface area contributed by atoms with Gasteiger partial charge < -0.3 is 30.3 Å². The van der Waals surface area contributed by atoms with Crippen LogP contribution in [0.2, 0.25) is 0 Å². The number of carbonyl (C=O) groups is 2. The smallest absolute Gasteiger partial charge is 0.253 e. The first kappa shape index (κ1) is 29.9. The Morgan fingerprint density at radius 2 is 2.07 bits per heavy atom. The van der Waals surface area contributed by atoms with Gasteiger partial charge >= 0.3 is 0 Å². The number of imidazole rings is 1. The number of morpholine rings is 1. The fourth-order valence-corrected chi connectivity index (χ4v) is 5.19. The van der Waals surface area contributed by atoms with Crippen molar-refractivity contribution in [2.75, 3.05) is 52.3 Å². The maximum absolute atomic E-state index is 14.3. The molecular formula is C31H36FN7O4. The average molecular weight is 590 g/mol. The van der Waals surface area contributed by atoms with Gasteiger partial charge in [-0.3, -0.25) is 14.0 Å². The Labute approximate surface area is 249 Å². The van der Waals surface area contributed by atoms with E-state index >= 15 is 0 Å². The number of hydrogen-bond donors (Lipinski definition) is 2. The van der Waals surface area contributed by atoms with Crippen molar-refractivity contribution in [1.29, 1.82) is 0 Å². The number of anilines is 2. The quantitative estimate of drug-likeness (QED) is 0.287. The number of nitrogens with zero attached hydrogens (tertiary/aromatic N) is 5. The number of nitrogens with two attached hydrogens (primary N) is 1. The summed E-state index contributed by atoms with van der Waals surface area (Å²) < 4.78 is 26.7. The van der Waals surface area contributed by atoms with Gasteiger partial charge in [-0.25, -0.2) is 14.4 Å². The molecule has 1 saturated heterocycles. The normalized spacial score (nSPS) is 15.0. The van der Waals surface area contributed by atoms with Crippen molar-refractivity contribution in [3.05, 3.63) is 71.9 Å². The molecule has 5 rings (SSSR count). The SMILES string of the molecule is COc1ccc(-c2cnc3c(Nc4ccc(C(=O)N(C)CCCC(=O)N5CCOC(CN)C5)c(C)c4)nccn23)cc1F. The summed E-state index contributed by atoms with van der Waals surface area (Å²) in [5.74, 6) is 0.168. The molecule has 2 aromatic heterocycles. The second-order valence-electron chi connectivity index (χ2n) is 10.5. The van der Waals surface area contributed by atoms with E-state index in [-0.39, 0.29) is 23.7 Å². The van der Waals surface area contributed by atoms with Gasteiger partial charge in [0.25, 0.3) is 5.91 Å². The Balaban J connectivity index is 1.22. The molecule has 3 N–H and O–H groups in total. The molecule has 226 valence electrons. The Kier molecular flexibility index (Phi) is 9.17. The van der Waals surface area contributed by atoms with Crippen molar-refractivity contribution in [3.63, 3.8) is 0 Å². The molecule has 12 heteroatoms. The van der Waals surface area contributed by atoms with Crippen LogP contribution >= 0.6 is 0 Å². The molecule has 1 atom stereocenters. The van der Waals surface area contributed by atoms with Crippen LogP contribution in [0.1, 0.15) is 28.8 Å². The number of benzene rings is 2. The lowest BCUT2D eigenvalue weighted by Gasteiger charge is -2.32. The molecule has 2 amide bonds. The fourth-order valence-electron chi connectivity index (χ4n) is 5.19. The monoisotopic (exact) mass is 589 g/mol. The zero-order valence-electron chi connectivity index (χ0n) is 24.5. The Morgan fingerprint density at radius 3 is 2.81 bits per heavy atom. The number of aromatic nitrogens is 3. The van der Waals surface area contributed by atoms with E-state index in [2.05, 4.69) is 15.3 Å².